The summed E-state index contributed by atoms with van der Waals surface area (Å²) >= 11 is 1.45. The van der Waals surface area contributed by atoms with E-state index in [9.17, 15) is 24.9 Å². The Bertz CT molecular complexity index is 1090. The van der Waals surface area contributed by atoms with E-state index in [1.165, 1.54) is 17.4 Å². The molecule has 9 heteroatoms. The van der Waals surface area contributed by atoms with Crippen molar-refractivity contribution in [3.05, 3.63) is 51.6 Å². The highest BCUT2D eigenvalue weighted by molar-refractivity contribution is 7.13. The van der Waals surface area contributed by atoms with Crippen LogP contribution in [0.15, 0.2) is 40.5 Å². The zero-order valence-corrected chi connectivity index (χ0v) is 16.3. The van der Waals surface area contributed by atoms with Crippen LogP contribution in [-0.2, 0) is 4.79 Å². The van der Waals surface area contributed by atoms with Gasteiger partial charge in [-0.05, 0) is 36.1 Å². The third-order valence-corrected chi connectivity index (χ3v) is 5.63. The number of H-pyrrole nitrogens is 1. The number of benzene rings is 1. The van der Waals surface area contributed by atoms with Crippen molar-refractivity contribution in [1.82, 2.24) is 4.98 Å². The molecule has 3 aromatic rings. The topological polar surface area (TPSA) is 143 Å². The molecule has 0 bridgehead atoms. The number of carbonyl (C=O) groups is 1. The van der Waals surface area contributed by atoms with Gasteiger partial charge in [0.1, 0.15) is 30.6 Å². The summed E-state index contributed by atoms with van der Waals surface area (Å²) in [5, 5.41) is 41.8. The van der Waals surface area contributed by atoms with Crippen LogP contribution in [0, 0.1) is 6.92 Å². The molecule has 2 aromatic heterocycles. The Morgan fingerprint density at radius 2 is 2.03 bits per heavy atom. The van der Waals surface area contributed by atoms with Crippen molar-refractivity contribution in [3.63, 3.8) is 0 Å². The maximum atomic E-state index is 12.6. The molecule has 29 heavy (non-hydrogen) atoms. The fourth-order valence-corrected chi connectivity index (χ4v) is 3.97. The number of anilines is 1. The fraction of sp³-hybridized carbons (Fsp3) is 0.300. The number of hydrogen-bond acceptors (Lipinski definition) is 8. The van der Waals surface area contributed by atoms with Crippen LogP contribution in [0.4, 0.5) is 5.69 Å². The number of aliphatic hydroxyl groups is 4. The van der Waals surface area contributed by atoms with Gasteiger partial charge in [-0.3, -0.25) is 4.79 Å². The van der Waals surface area contributed by atoms with Crippen molar-refractivity contribution >= 4 is 34.2 Å². The lowest BCUT2D eigenvalue weighted by Crippen LogP contribution is -2.49. The molecular weight excluding hydrogens is 396 g/mol. The van der Waals surface area contributed by atoms with Crippen LogP contribution < -0.4 is 10.9 Å². The monoisotopic (exact) mass is 419 g/mol. The number of carbonyl (C=O) groups excluding carboxylic acids is 1. The molecule has 0 aliphatic carbocycles. The molecule has 0 amide bonds. The number of aldehydes is 1. The first-order valence-corrected chi connectivity index (χ1v) is 9.77. The van der Waals surface area contributed by atoms with Gasteiger partial charge in [0.15, 0.2) is 1.41 Å². The van der Waals surface area contributed by atoms with Gasteiger partial charge in [-0.1, -0.05) is 12.1 Å². The lowest BCUT2D eigenvalue weighted by molar-refractivity contribution is -0.117. The van der Waals surface area contributed by atoms with Gasteiger partial charge in [-0.15, -0.1) is 11.3 Å². The van der Waals surface area contributed by atoms with Gasteiger partial charge in [-0.2, -0.15) is 0 Å². The Morgan fingerprint density at radius 3 is 2.66 bits per heavy atom. The molecule has 154 valence electrons. The van der Waals surface area contributed by atoms with Crippen LogP contribution in [0.1, 0.15) is 5.56 Å². The van der Waals surface area contributed by atoms with Crippen molar-refractivity contribution in [2.75, 3.05) is 11.9 Å². The van der Waals surface area contributed by atoms with Crippen LogP contribution in [0.25, 0.3) is 21.3 Å². The van der Waals surface area contributed by atoms with Crippen molar-refractivity contribution < 1.29 is 26.6 Å². The van der Waals surface area contributed by atoms with E-state index in [-0.39, 0.29) is 17.5 Å². The quantitative estimate of drug-likeness (QED) is 0.294. The highest BCUT2D eigenvalue weighted by Crippen LogP contribution is 2.29. The average Bonchev–Trinajstić information content (AvgIpc) is 3.26. The standard InChI is InChI=1S/C20H22N2O6S/c1-10-12-5-4-11(21-14(8-23)18(26)19(27)15(25)9-24)7-13(12)22-20(28)17(10)16-3-2-6-29-16/h2-8,14-15,18-19,21,24-27H,9H2,1H3,(H,22,28)/t14-,15+,18+,19+/m0/s1/i/hD. The number of thiophene rings is 1. The lowest BCUT2D eigenvalue weighted by atomic mass is 10.0. The summed E-state index contributed by atoms with van der Waals surface area (Å²) in [6.07, 6.45) is -5.04. The van der Waals surface area contributed by atoms with Gasteiger partial charge in [0.25, 0.3) is 5.56 Å². The van der Waals surface area contributed by atoms with E-state index in [0.29, 0.717) is 16.4 Å². The third-order valence-electron chi connectivity index (χ3n) is 4.74. The molecule has 6 N–H and O–H groups in total. The van der Waals surface area contributed by atoms with E-state index in [1.54, 1.807) is 12.1 Å². The van der Waals surface area contributed by atoms with Gasteiger partial charge in [0, 0.05) is 16.0 Å². The Morgan fingerprint density at radius 1 is 1.28 bits per heavy atom. The van der Waals surface area contributed by atoms with E-state index in [4.69, 9.17) is 6.52 Å². The van der Waals surface area contributed by atoms with Gasteiger partial charge >= 0.3 is 0 Å². The number of pyridine rings is 1. The largest absolute Gasteiger partial charge is 0.394 e. The molecule has 2 heterocycles. The second-order valence-electron chi connectivity index (χ2n) is 6.65. The molecule has 0 aliphatic heterocycles. The average molecular weight is 419 g/mol. The molecular formula is C20H22N2O6S. The summed E-state index contributed by atoms with van der Waals surface area (Å²) in [5.74, 6) is 0. The number of rotatable bonds is 8. The number of hydrogen-bond donors (Lipinski definition) is 6. The number of aryl methyl sites for hydroxylation is 1. The SMILES string of the molecule is [2H]N(c1ccc2c(C)c(-c3cccs3)c(=O)[nH]c2c1)[C@@H](C=O)[C@@H](O)[C@H](O)[C@H](O)CO. The Balaban J connectivity index is 1.99. The minimum atomic E-state index is -1.83. The lowest BCUT2D eigenvalue weighted by Gasteiger charge is -2.27. The first-order chi connectivity index (χ1) is 14.3. The van der Waals surface area contributed by atoms with Crippen molar-refractivity contribution in [3.8, 4) is 10.4 Å². The first-order valence-electron chi connectivity index (χ1n) is 9.33. The third kappa shape index (κ3) is 4.24. The van der Waals surface area contributed by atoms with E-state index in [0.717, 1.165) is 15.8 Å². The fourth-order valence-electron chi connectivity index (χ4n) is 3.15. The predicted molar refractivity (Wildman–Crippen MR) is 111 cm³/mol. The van der Waals surface area contributed by atoms with E-state index in [1.807, 2.05) is 24.4 Å². The summed E-state index contributed by atoms with van der Waals surface area (Å²) in [6, 6.07) is 6.94. The number of aromatic nitrogens is 1. The second kappa shape index (κ2) is 8.85. The molecule has 8 nitrogen and oxygen atoms in total. The highest BCUT2D eigenvalue weighted by Gasteiger charge is 2.31. The molecule has 4 atom stereocenters. The summed E-state index contributed by atoms with van der Waals surface area (Å²) in [5.41, 5.74) is 1.68. The van der Waals surface area contributed by atoms with Crippen molar-refractivity contribution in [2.45, 2.75) is 31.3 Å². The molecule has 0 unspecified atom stereocenters. The summed E-state index contributed by atoms with van der Waals surface area (Å²) < 4.78 is 8.23. The number of aliphatic hydroxyl groups excluding tert-OH is 4. The molecule has 0 aliphatic rings. The van der Waals surface area contributed by atoms with Crippen molar-refractivity contribution in [1.29, 1.82) is 0 Å². The van der Waals surface area contributed by atoms with Crippen LogP contribution >= 0.6 is 11.3 Å². The normalized spacial score (nSPS) is 16.1. The summed E-state index contributed by atoms with van der Waals surface area (Å²) in [6.45, 7) is 1.01. The van der Waals surface area contributed by atoms with Gasteiger partial charge in [0.2, 0.25) is 0 Å². The van der Waals surface area contributed by atoms with Crippen molar-refractivity contribution in [2.24, 2.45) is 0 Å². The maximum absolute atomic E-state index is 12.6. The molecule has 3 rings (SSSR count). The van der Waals surface area contributed by atoms with Crippen LogP contribution in [-0.4, -0.2) is 62.7 Å². The van der Waals surface area contributed by atoms with Gasteiger partial charge < -0.3 is 35.5 Å². The van der Waals surface area contributed by atoms with E-state index in [2.05, 4.69) is 4.98 Å². The van der Waals surface area contributed by atoms with E-state index >= 15 is 0 Å². The molecule has 0 spiro atoms. The number of nitrogens with one attached hydrogen (secondary N) is 2. The Labute approximate surface area is 171 Å². The van der Waals surface area contributed by atoms with E-state index < -0.39 is 31.0 Å². The van der Waals surface area contributed by atoms with Gasteiger partial charge in [-0.25, -0.2) is 0 Å². The molecule has 0 radical (unpaired) electrons. The van der Waals surface area contributed by atoms with Gasteiger partial charge in [0.05, 0.1) is 17.7 Å². The molecule has 0 saturated heterocycles. The second-order valence-corrected chi connectivity index (χ2v) is 7.60. The maximum Gasteiger partial charge on any atom is 0.257 e. The summed E-state index contributed by atoms with van der Waals surface area (Å²) in [4.78, 5) is 27.8. The zero-order valence-electron chi connectivity index (χ0n) is 16.5. The van der Waals surface area contributed by atoms with Crippen LogP contribution in [0.2, 0.25) is 1.41 Å². The number of aromatic amines is 1. The zero-order chi connectivity index (χ0) is 22.0. The minimum Gasteiger partial charge on any atom is -0.394 e. The highest BCUT2D eigenvalue weighted by atomic mass is 32.1. The predicted octanol–water partition coefficient (Wildman–Crippen LogP) is 0.619. The first kappa shape index (κ1) is 19.7. The number of fused-ring (bicyclic) bond motifs is 1. The smallest absolute Gasteiger partial charge is 0.257 e. The Kier molecular flexibility index (Phi) is 6.02. The Hall–Kier alpha value is -2.56. The summed E-state index contributed by atoms with van der Waals surface area (Å²) in [7, 11) is 0. The van der Waals surface area contributed by atoms with Crippen LogP contribution in [0.5, 0.6) is 0 Å². The molecule has 1 aromatic carbocycles. The molecule has 0 fully saturated rings. The van der Waals surface area contributed by atoms with Crippen LogP contribution in [0.3, 0.4) is 0 Å². The molecule has 0 saturated carbocycles. The minimum absolute atomic E-state index is 0.184.